The van der Waals surface area contributed by atoms with E-state index in [1.807, 2.05) is 158 Å². The summed E-state index contributed by atoms with van der Waals surface area (Å²) in [6.45, 7) is 0. The lowest BCUT2D eigenvalue weighted by Gasteiger charge is -2.08. The molecule has 4 aromatic heterocycles. The molecule has 0 unspecified atom stereocenters. The first-order valence-electron chi connectivity index (χ1n) is 21.2. The molecule has 0 radical (unpaired) electrons. The van der Waals surface area contributed by atoms with Crippen LogP contribution in [0, 0.1) is 0 Å². The molecule has 0 atom stereocenters. The van der Waals surface area contributed by atoms with Crippen molar-refractivity contribution in [2.45, 2.75) is 0 Å². The van der Waals surface area contributed by atoms with Crippen LogP contribution in [-0.4, -0.2) is 47.1 Å². The van der Waals surface area contributed by atoms with E-state index in [4.69, 9.17) is 68.6 Å². The van der Waals surface area contributed by atoms with Crippen LogP contribution in [0.15, 0.2) is 203 Å². The molecule has 68 heavy (non-hydrogen) atoms. The Morgan fingerprint density at radius 3 is 1.12 bits per heavy atom. The van der Waals surface area contributed by atoms with Crippen LogP contribution in [-0.2, 0) is 0 Å². The number of nitrogens with zero attached hydrogens (tertiary/aromatic N) is 6. The van der Waals surface area contributed by atoms with Gasteiger partial charge in [0, 0.05) is 59.4 Å². The minimum atomic E-state index is -1.41. The van der Waals surface area contributed by atoms with Crippen molar-refractivity contribution >= 4 is 91.3 Å². The van der Waals surface area contributed by atoms with Gasteiger partial charge in [-0.2, -0.15) is 9.97 Å². The Hall–Kier alpha value is -7.77. The van der Waals surface area contributed by atoms with Gasteiger partial charge < -0.3 is 18.9 Å². The molecule has 0 aliphatic rings. The molecule has 2 N–H and O–H groups in total. The van der Waals surface area contributed by atoms with Crippen molar-refractivity contribution in [3.8, 4) is 56.9 Å². The second-order valence-corrected chi connectivity index (χ2v) is 16.6. The van der Waals surface area contributed by atoms with Crippen molar-refractivity contribution in [1.29, 1.82) is 0 Å². The SMILES string of the molecule is Clc1ccc(-c2nc(-c3ccccc3)nc(-c3ccc4c(c3)oc3ccccc34)n2)cc1.Clc1nc(-c2ccccc2)nc(-c2ccc3c(c2)oc2ccccc23)n1.OB(O)c1ccc(Cl)cc1. The van der Waals surface area contributed by atoms with Crippen LogP contribution in [0.25, 0.3) is 101 Å². The maximum atomic E-state index is 8.63. The van der Waals surface area contributed by atoms with Crippen LogP contribution in [0.1, 0.15) is 0 Å². The molecule has 0 saturated heterocycles. The topological polar surface area (TPSA) is 144 Å². The van der Waals surface area contributed by atoms with Crippen molar-refractivity contribution in [3.63, 3.8) is 0 Å². The summed E-state index contributed by atoms with van der Waals surface area (Å²) < 4.78 is 12.0. The van der Waals surface area contributed by atoms with Gasteiger partial charge in [-0.05, 0) is 89.9 Å². The fraction of sp³-hybridized carbons (Fsp3) is 0. The number of rotatable bonds is 6. The van der Waals surface area contributed by atoms with Gasteiger partial charge in [0.2, 0.25) is 5.28 Å². The molecular formula is C54H34BCl3N6O4. The van der Waals surface area contributed by atoms with Crippen molar-refractivity contribution in [1.82, 2.24) is 29.9 Å². The third-order valence-electron chi connectivity index (χ3n) is 10.9. The summed E-state index contributed by atoms with van der Waals surface area (Å²) in [4.78, 5) is 27.4. The normalized spacial score (nSPS) is 11.0. The summed E-state index contributed by atoms with van der Waals surface area (Å²) in [6, 6.07) is 61.5. The lowest BCUT2D eigenvalue weighted by atomic mass is 9.81. The molecule has 10 nitrogen and oxygen atoms in total. The fourth-order valence-electron chi connectivity index (χ4n) is 7.51. The number of aromatic nitrogens is 6. The zero-order valence-electron chi connectivity index (χ0n) is 35.6. The zero-order valence-corrected chi connectivity index (χ0v) is 37.8. The second-order valence-electron chi connectivity index (χ2n) is 15.3. The number of furan rings is 2. The highest BCUT2D eigenvalue weighted by Gasteiger charge is 2.16. The van der Waals surface area contributed by atoms with Crippen molar-refractivity contribution in [3.05, 3.63) is 209 Å². The van der Waals surface area contributed by atoms with Gasteiger partial charge in [0.1, 0.15) is 22.3 Å². The summed E-state index contributed by atoms with van der Waals surface area (Å²) in [7, 11) is -1.41. The van der Waals surface area contributed by atoms with E-state index in [2.05, 4.69) is 27.1 Å². The Morgan fingerprint density at radius 2 is 0.662 bits per heavy atom. The Labute approximate surface area is 404 Å². The average molecular weight is 948 g/mol. The van der Waals surface area contributed by atoms with Crippen LogP contribution in [0.5, 0.6) is 0 Å². The van der Waals surface area contributed by atoms with Gasteiger partial charge in [-0.15, -0.1) is 0 Å². The standard InChI is InChI=1S/C27H16ClN3O.C21H12ClN3O.C6H6BClO2/c28-20-13-10-18(11-14-20)26-29-25(17-6-2-1-3-7-17)30-27(31-26)19-12-15-22-21-8-4-5-9-23(21)32-24(22)16-19;22-21-24-19(13-6-2-1-3-7-13)23-20(25-21)14-10-11-16-15-8-4-5-9-17(15)26-18(16)12-14;8-6-3-1-5(2-4-6)7(9)10/h1-16H;1-12H;1-4,9-10H. The lowest BCUT2D eigenvalue weighted by molar-refractivity contribution is 0.426. The summed E-state index contributed by atoms with van der Waals surface area (Å²) in [5.41, 5.74) is 8.16. The molecule has 0 amide bonds. The summed E-state index contributed by atoms with van der Waals surface area (Å²) >= 11 is 17.8. The number of fused-ring (bicyclic) bond motifs is 6. The highest BCUT2D eigenvalue weighted by molar-refractivity contribution is 6.58. The van der Waals surface area contributed by atoms with Crippen LogP contribution in [0.4, 0.5) is 0 Å². The van der Waals surface area contributed by atoms with Gasteiger partial charge in [0.25, 0.3) is 0 Å². The third kappa shape index (κ3) is 9.70. The van der Waals surface area contributed by atoms with E-state index in [0.29, 0.717) is 44.6 Å². The van der Waals surface area contributed by atoms with E-state index in [1.54, 1.807) is 24.3 Å². The molecule has 0 fully saturated rings. The van der Waals surface area contributed by atoms with Gasteiger partial charge in [-0.1, -0.05) is 145 Å². The van der Waals surface area contributed by atoms with E-state index in [-0.39, 0.29) is 5.28 Å². The minimum absolute atomic E-state index is 0.165. The molecule has 14 heteroatoms. The Balaban J connectivity index is 0.000000134. The third-order valence-corrected chi connectivity index (χ3v) is 11.5. The Bertz CT molecular complexity index is 3710. The van der Waals surface area contributed by atoms with Crippen LogP contribution < -0.4 is 5.46 Å². The largest absolute Gasteiger partial charge is 0.488 e. The summed E-state index contributed by atoms with van der Waals surface area (Å²) in [5.74, 6) is 2.86. The predicted octanol–water partition coefficient (Wildman–Crippen LogP) is 13.2. The minimum Gasteiger partial charge on any atom is -0.456 e. The maximum Gasteiger partial charge on any atom is 0.488 e. The molecule has 0 spiro atoms. The number of hydrogen-bond acceptors (Lipinski definition) is 10. The van der Waals surface area contributed by atoms with Crippen LogP contribution in [0.3, 0.4) is 0 Å². The smallest absolute Gasteiger partial charge is 0.456 e. The van der Waals surface area contributed by atoms with E-state index in [1.165, 1.54) is 0 Å². The molecule has 0 saturated carbocycles. The van der Waals surface area contributed by atoms with Gasteiger partial charge in [0.15, 0.2) is 29.1 Å². The first-order chi connectivity index (χ1) is 33.2. The Kier molecular flexibility index (Phi) is 12.7. The van der Waals surface area contributed by atoms with Gasteiger partial charge >= 0.3 is 7.12 Å². The lowest BCUT2D eigenvalue weighted by Crippen LogP contribution is -2.29. The quantitative estimate of drug-likeness (QED) is 0.155. The zero-order chi connectivity index (χ0) is 46.6. The monoisotopic (exact) mass is 946 g/mol. The second kappa shape index (κ2) is 19.6. The molecule has 0 aliphatic carbocycles. The summed E-state index contributed by atoms with van der Waals surface area (Å²) in [6.07, 6.45) is 0. The Morgan fingerprint density at radius 1 is 0.324 bits per heavy atom. The van der Waals surface area contributed by atoms with Crippen LogP contribution in [0.2, 0.25) is 15.3 Å². The van der Waals surface area contributed by atoms with Crippen LogP contribution >= 0.6 is 34.8 Å². The number of para-hydroxylation sites is 2. The van der Waals surface area contributed by atoms with E-state index in [0.717, 1.165) is 71.7 Å². The van der Waals surface area contributed by atoms with Crippen molar-refractivity contribution in [2.75, 3.05) is 0 Å². The van der Waals surface area contributed by atoms with E-state index in [9.17, 15) is 0 Å². The maximum absolute atomic E-state index is 8.63. The molecule has 0 bridgehead atoms. The molecule has 8 aromatic carbocycles. The summed E-state index contributed by atoms with van der Waals surface area (Å²) in [5, 5.41) is 23.0. The first kappa shape index (κ1) is 44.1. The molecule has 4 heterocycles. The predicted molar refractivity (Wildman–Crippen MR) is 273 cm³/mol. The van der Waals surface area contributed by atoms with Gasteiger partial charge in [0.05, 0.1) is 0 Å². The molecule has 0 aliphatic heterocycles. The molecule has 12 aromatic rings. The van der Waals surface area contributed by atoms with E-state index < -0.39 is 7.12 Å². The molecular weight excluding hydrogens is 914 g/mol. The number of halogens is 3. The number of benzene rings is 8. The molecule has 328 valence electrons. The first-order valence-corrected chi connectivity index (χ1v) is 22.4. The highest BCUT2D eigenvalue weighted by Crippen LogP contribution is 2.34. The molecule has 12 rings (SSSR count). The van der Waals surface area contributed by atoms with Crippen molar-refractivity contribution in [2.24, 2.45) is 0 Å². The average Bonchev–Trinajstić information content (AvgIpc) is 3.95. The van der Waals surface area contributed by atoms with Gasteiger partial charge in [-0.25, -0.2) is 19.9 Å². The number of hydrogen-bond donors (Lipinski definition) is 2. The van der Waals surface area contributed by atoms with Crippen molar-refractivity contribution < 1.29 is 18.9 Å². The fourth-order valence-corrected chi connectivity index (χ4v) is 7.92. The van der Waals surface area contributed by atoms with Gasteiger partial charge in [-0.3, -0.25) is 0 Å². The highest BCUT2D eigenvalue weighted by atomic mass is 35.5. The van der Waals surface area contributed by atoms with E-state index >= 15 is 0 Å².